The molecule has 44 heavy (non-hydrogen) atoms. The monoisotopic (exact) mass is 588 g/mol. The molecule has 0 spiro atoms. The highest BCUT2D eigenvalue weighted by Gasteiger charge is 2.41. The largest absolute Gasteiger partial charge is 0.194 e. The lowest BCUT2D eigenvalue weighted by Crippen LogP contribution is -2.34. The first-order chi connectivity index (χ1) is 21.6. The minimum Gasteiger partial charge on any atom is -0.194 e. The summed E-state index contributed by atoms with van der Waals surface area (Å²) in [5.41, 5.74) is 10.9. The summed E-state index contributed by atoms with van der Waals surface area (Å²) in [4.78, 5) is 0. The van der Waals surface area contributed by atoms with Gasteiger partial charge in [0.1, 0.15) is 17.1 Å². The second-order valence-corrected chi connectivity index (χ2v) is 13.0. The molecule has 0 radical (unpaired) electrons. The number of aryl methyl sites for hydroxylation is 1. The molecular formula is C43H58N+. The summed E-state index contributed by atoms with van der Waals surface area (Å²) in [5.74, 6) is 0. The fraction of sp³-hybridized carbons (Fsp3) is 0.442. The fourth-order valence-corrected chi connectivity index (χ4v) is 7.03. The summed E-state index contributed by atoms with van der Waals surface area (Å²) in [7, 11) is 0. The molecule has 0 aromatic heterocycles. The van der Waals surface area contributed by atoms with E-state index in [0.29, 0.717) is 4.48 Å². The molecular weight excluding hydrogens is 530 g/mol. The van der Waals surface area contributed by atoms with Crippen molar-refractivity contribution in [2.45, 2.75) is 124 Å². The first-order valence-corrected chi connectivity index (χ1v) is 17.8. The molecule has 0 N–H and O–H groups in total. The molecule has 0 aliphatic carbocycles. The molecule has 4 aromatic carbocycles. The predicted molar refractivity (Wildman–Crippen MR) is 195 cm³/mol. The molecule has 234 valence electrons. The molecule has 0 saturated carbocycles. The second-order valence-electron chi connectivity index (χ2n) is 13.0. The second kappa shape index (κ2) is 18.0. The van der Waals surface area contributed by atoms with Gasteiger partial charge in [-0.1, -0.05) is 145 Å². The zero-order chi connectivity index (χ0) is 31.0. The molecule has 1 heteroatoms. The quantitative estimate of drug-likeness (QED) is 0.0755. The number of para-hydroxylation sites is 3. The SMILES string of the molecule is CCCCCCCCCCCCCCCCc1cc([N+](c2ccccc2)(c2ccccc2)c2ccccc2)c(C)c(C)c1C. The van der Waals surface area contributed by atoms with Gasteiger partial charge in [0.25, 0.3) is 0 Å². The van der Waals surface area contributed by atoms with E-state index in [1.54, 1.807) is 0 Å². The topological polar surface area (TPSA) is 0 Å². The van der Waals surface area contributed by atoms with E-state index in [1.165, 1.54) is 135 Å². The number of unbranched alkanes of at least 4 members (excludes halogenated alkanes) is 13. The van der Waals surface area contributed by atoms with Gasteiger partial charge in [0.15, 0.2) is 5.69 Å². The summed E-state index contributed by atoms with van der Waals surface area (Å²) in [6.45, 7) is 9.30. The van der Waals surface area contributed by atoms with Crippen LogP contribution < -0.4 is 4.48 Å². The maximum atomic E-state index is 2.55. The summed E-state index contributed by atoms with van der Waals surface area (Å²) >= 11 is 0. The standard InChI is InChI=1S/C43H58N/c1-5-6-7-8-9-10-11-12-13-14-15-16-17-21-28-39-35-43(38(4)36(2)37(39)3)44(40-29-22-18-23-30-40,41-31-24-19-25-32-41)42-33-26-20-27-34-42/h18-20,22-27,29-35H,5-17,21,28H2,1-4H3/q+1. The van der Waals surface area contributed by atoms with E-state index in [9.17, 15) is 0 Å². The van der Waals surface area contributed by atoms with Crippen LogP contribution in [0.15, 0.2) is 97.1 Å². The molecule has 4 rings (SSSR count). The summed E-state index contributed by atoms with van der Waals surface area (Å²) in [6.07, 6.45) is 20.7. The molecule has 1 nitrogen and oxygen atoms in total. The molecule has 0 bridgehead atoms. The van der Waals surface area contributed by atoms with E-state index in [-0.39, 0.29) is 0 Å². The maximum Gasteiger partial charge on any atom is 0.151 e. The van der Waals surface area contributed by atoms with Crippen molar-refractivity contribution in [1.29, 1.82) is 0 Å². The Morgan fingerprint density at radius 3 is 1.16 bits per heavy atom. The molecule has 0 fully saturated rings. The van der Waals surface area contributed by atoms with Crippen LogP contribution in [-0.4, -0.2) is 0 Å². The Labute approximate surface area is 270 Å². The van der Waals surface area contributed by atoms with E-state index >= 15 is 0 Å². The minimum absolute atomic E-state index is 0.585. The number of nitrogens with zero attached hydrogens (tertiary/aromatic N) is 1. The molecule has 0 atom stereocenters. The van der Waals surface area contributed by atoms with Gasteiger partial charge in [0, 0.05) is 48.0 Å². The van der Waals surface area contributed by atoms with Gasteiger partial charge in [-0.05, 0) is 50.3 Å². The van der Waals surface area contributed by atoms with E-state index in [0.717, 1.165) is 6.42 Å². The average Bonchev–Trinajstić information content (AvgIpc) is 3.07. The Morgan fingerprint density at radius 2 is 0.773 bits per heavy atom. The van der Waals surface area contributed by atoms with Gasteiger partial charge in [0.2, 0.25) is 0 Å². The van der Waals surface area contributed by atoms with Crippen molar-refractivity contribution < 1.29 is 0 Å². The maximum absolute atomic E-state index is 2.55. The molecule has 4 aromatic rings. The van der Waals surface area contributed by atoms with Gasteiger partial charge in [-0.15, -0.1) is 0 Å². The normalized spacial score (nSPS) is 11.6. The van der Waals surface area contributed by atoms with Crippen LogP contribution in [0.5, 0.6) is 0 Å². The van der Waals surface area contributed by atoms with Crippen LogP contribution in [0.3, 0.4) is 0 Å². The van der Waals surface area contributed by atoms with Crippen LogP contribution in [0.4, 0.5) is 22.7 Å². The minimum atomic E-state index is 0.585. The highest BCUT2D eigenvalue weighted by atomic mass is 15.4. The zero-order valence-electron chi connectivity index (χ0n) is 28.3. The molecule has 0 aliphatic rings. The Kier molecular flexibility index (Phi) is 13.8. The third-order valence-corrected chi connectivity index (χ3v) is 9.89. The molecule has 0 heterocycles. The summed E-state index contributed by atoms with van der Waals surface area (Å²) in [5, 5.41) is 0. The van der Waals surface area contributed by atoms with Gasteiger partial charge in [-0.3, -0.25) is 0 Å². The van der Waals surface area contributed by atoms with Crippen LogP contribution in [0.25, 0.3) is 0 Å². The van der Waals surface area contributed by atoms with Crippen LogP contribution in [0.2, 0.25) is 0 Å². The van der Waals surface area contributed by atoms with Crippen LogP contribution in [0, 0.1) is 20.8 Å². The smallest absolute Gasteiger partial charge is 0.151 e. The molecule has 0 unspecified atom stereocenters. The van der Waals surface area contributed by atoms with Crippen molar-refractivity contribution in [3.05, 3.63) is 119 Å². The third-order valence-electron chi connectivity index (χ3n) is 9.89. The first-order valence-electron chi connectivity index (χ1n) is 17.8. The van der Waals surface area contributed by atoms with Crippen molar-refractivity contribution in [3.8, 4) is 0 Å². The molecule has 0 amide bonds. The first kappa shape index (κ1) is 33.7. The van der Waals surface area contributed by atoms with E-state index in [1.807, 2.05) is 0 Å². The lowest BCUT2D eigenvalue weighted by atomic mass is 9.91. The van der Waals surface area contributed by atoms with Gasteiger partial charge in [0.05, 0.1) is 0 Å². The Bertz CT molecular complexity index is 1260. The van der Waals surface area contributed by atoms with Crippen molar-refractivity contribution in [3.63, 3.8) is 0 Å². The van der Waals surface area contributed by atoms with Crippen molar-refractivity contribution in [1.82, 2.24) is 4.48 Å². The van der Waals surface area contributed by atoms with E-state index in [2.05, 4.69) is 125 Å². The molecule has 0 saturated heterocycles. The van der Waals surface area contributed by atoms with E-state index < -0.39 is 0 Å². The van der Waals surface area contributed by atoms with Crippen molar-refractivity contribution in [2.24, 2.45) is 0 Å². The number of rotatable bonds is 19. The van der Waals surface area contributed by atoms with Gasteiger partial charge < -0.3 is 0 Å². The van der Waals surface area contributed by atoms with Crippen molar-refractivity contribution in [2.75, 3.05) is 0 Å². The lowest BCUT2D eigenvalue weighted by molar-refractivity contribution is 0.535. The number of hydrogen-bond donors (Lipinski definition) is 0. The fourth-order valence-electron chi connectivity index (χ4n) is 7.03. The highest BCUT2D eigenvalue weighted by Crippen LogP contribution is 2.53. The number of hydrogen-bond acceptors (Lipinski definition) is 0. The number of quaternary nitrogens is 1. The third kappa shape index (κ3) is 8.51. The summed E-state index contributed by atoms with van der Waals surface area (Å²) in [6, 6.07) is 35.8. The molecule has 0 aliphatic heterocycles. The van der Waals surface area contributed by atoms with E-state index in [4.69, 9.17) is 0 Å². The Balaban J connectivity index is 1.47. The number of benzene rings is 4. The van der Waals surface area contributed by atoms with Gasteiger partial charge in [-0.2, -0.15) is 4.48 Å². The summed E-state index contributed by atoms with van der Waals surface area (Å²) < 4.78 is 0.585. The lowest BCUT2D eigenvalue weighted by Gasteiger charge is -2.39. The zero-order valence-corrected chi connectivity index (χ0v) is 28.3. The highest BCUT2D eigenvalue weighted by molar-refractivity contribution is 5.83. The average molecular weight is 589 g/mol. The van der Waals surface area contributed by atoms with Gasteiger partial charge >= 0.3 is 0 Å². The van der Waals surface area contributed by atoms with Gasteiger partial charge in [-0.25, -0.2) is 0 Å². The Morgan fingerprint density at radius 1 is 0.409 bits per heavy atom. The predicted octanol–water partition coefficient (Wildman–Crippen LogP) is 13.9. The van der Waals surface area contributed by atoms with Crippen molar-refractivity contribution >= 4 is 22.7 Å². The van der Waals surface area contributed by atoms with Crippen LogP contribution in [0.1, 0.15) is 119 Å². The van der Waals surface area contributed by atoms with Crippen LogP contribution >= 0.6 is 0 Å². The van der Waals surface area contributed by atoms with Crippen LogP contribution in [-0.2, 0) is 6.42 Å². The Hall–Kier alpha value is -3.16.